The molecule has 1 N–H and O–H groups in total. The van der Waals surface area contributed by atoms with Gasteiger partial charge in [0.2, 0.25) is 0 Å². The molecule has 4 aliphatic rings. The van der Waals surface area contributed by atoms with Gasteiger partial charge < -0.3 is 5.11 Å². The minimum atomic E-state index is -0.114. The molecule has 0 spiro atoms. The molecule has 0 amide bonds. The number of fused-ring (bicyclic) bond motifs is 5. The fraction of sp³-hybridized carbons (Fsp3) is 0.487. The maximum Gasteiger partial charge on any atom is 0.0577 e. The number of aliphatic hydroxyl groups excluding tert-OH is 1. The molecule has 3 fully saturated rings. The van der Waals surface area contributed by atoms with Crippen LogP contribution in [-0.4, -0.2) is 11.2 Å². The van der Waals surface area contributed by atoms with Gasteiger partial charge in [-0.05, 0) is 137 Å². The van der Waals surface area contributed by atoms with E-state index in [2.05, 4.69) is 74.5 Å². The molecule has 0 radical (unpaired) electrons. The summed E-state index contributed by atoms with van der Waals surface area (Å²) in [6, 6.07) is 20.7. The van der Waals surface area contributed by atoms with E-state index >= 15 is 0 Å². The van der Waals surface area contributed by atoms with Crippen molar-refractivity contribution in [2.24, 2.45) is 34.5 Å². The van der Waals surface area contributed by atoms with Crippen molar-refractivity contribution in [1.29, 1.82) is 0 Å². The van der Waals surface area contributed by atoms with Crippen molar-refractivity contribution in [3.63, 3.8) is 0 Å². The van der Waals surface area contributed by atoms with Gasteiger partial charge in [0.1, 0.15) is 0 Å². The molecule has 8 rings (SSSR count). The molecule has 1 heteroatoms. The van der Waals surface area contributed by atoms with E-state index in [9.17, 15) is 5.11 Å². The zero-order valence-corrected chi connectivity index (χ0v) is 24.4. The lowest BCUT2D eigenvalue weighted by molar-refractivity contribution is -0.0456. The second-order valence-corrected chi connectivity index (χ2v) is 14.6. The molecular weight excluding hydrogens is 484 g/mol. The van der Waals surface area contributed by atoms with E-state index in [1.165, 1.54) is 82.0 Å². The zero-order valence-electron chi connectivity index (χ0n) is 24.4. The lowest BCUT2D eigenvalue weighted by Gasteiger charge is -2.58. The van der Waals surface area contributed by atoms with Gasteiger partial charge in [0.05, 0.1) is 6.10 Å². The Bertz CT molecular complexity index is 1640. The molecule has 7 atom stereocenters. The van der Waals surface area contributed by atoms with Crippen LogP contribution < -0.4 is 0 Å². The number of aliphatic hydroxyl groups is 1. The van der Waals surface area contributed by atoms with E-state index in [0.29, 0.717) is 16.7 Å². The summed E-state index contributed by atoms with van der Waals surface area (Å²) >= 11 is 0. The summed E-state index contributed by atoms with van der Waals surface area (Å²) in [5.41, 5.74) is 5.30. The Kier molecular flexibility index (Phi) is 5.60. The number of rotatable bonds is 4. The molecule has 40 heavy (non-hydrogen) atoms. The molecular formula is C39H44O. The highest BCUT2D eigenvalue weighted by molar-refractivity contribution is 6.23. The third kappa shape index (κ3) is 3.49. The largest absolute Gasteiger partial charge is 0.393 e. The monoisotopic (exact) mass is 528 g/mol. The van der Waals surface area contributed by atoms with Crippen molar-refractivity contribution in [3.8, 4) is 0 Å². The molecule has 1 nitrogen and oxygen atoms in total. The lowest BCUT2D eigenvalue weighted by Crippen LogP contribution is -2.50. The first-order chi connectivity index (χ1) is 19.4. The van der Waals surface area contributed by atoms with E-state index in [0.717, 1.165) is 43.4 Å². The van der Waals surface area contributed by atoms with Gasteiger partial charge in [-0.1, -0.05) is 92.2 Å². The van der Waals surface area contributed by atoms with Crippen LogP contribution in [0.3, 0.4) is 0 Å². The van der Waals surface area contributed by atoms with E-state index < -0.39 is 0 Å². The van der Waals surface area contributed by atoms with Gasteiger partial charge >= 0.3 is 0 Å². The van der Waals surface area contributed by atoms with Gasteiger partial charge in [-0.2, -0.15) is 0 Å². The molecule has 3 saturated carbocycles. The van der Waals surface area contributed by atoms with E-state index in [-0.39, 0.29) is 6.10 Å². The van der Waals surface area contributed by atoms with Crippen LogP contribution in [0.1, 0.15) is 77.2 Å². The normalized spacial score (nSPS) is 35.5. The van der Waals surface area contributed by atoms with Crippen LogP contribution >= 0.6 is 0 Å². The Morgan fingerprint density at radius 2 is 1.60 bits per heavy atom. The average Bonchev–Trinajstić information content (AvgIpc) is 3.32. The van der Waals surface area contributed by atoms with Gasteiger partial charge in [0, 0.05) is 0 Å². The number of allylic oxidation sites excluding steroid dienone is 2. The fourth-order valence-corrected chi connectivity index (χ4v) is 10.8. The highest BCUT2D eigenvalue weighted by atomic mass is 16.3. The molecule has 4 aromatic carbocycles. The van der Waals surface area contributed by atoms with Gasteiger partial charge in [0.25, 0.3) is 0 Å². The molecule has 4 aliphatic carbocycles. The van der Waals surface area contributed by atoms with Crippen LogP contribution in [0.2, 0.25) is 0 Å². The van der Waals surface area contributed by atoms with Crippen LogP contribution in [0, 0.1) is 34.5 Å². The first-order valence-electron chi connectivity index (χ1n) is 16.1. The van der Waals surface area contributed by atoms with Crippen molar-refractivity contribution >= 4 is 32.3 Å². The standard InChI is InChI=1S/C39H44O/c1-24(7-8-25-9-10-28-12-11-26-5-4-6-27-13-15-31(25)37(28)36(26)27)33-17-18-34-32-16-14-29-23-30(40)19-21-38(29,2)35(32)20-22-39(33,34)3/h4-6,9-15,30,32-35,40H,1,7-8,16-23H2,2-3H3/t30-,32-,33?,34-,35-,38-,39+/m0/s1. The summed E-state index contributed by atoms with van der Waals surface area (Å²) < 4.78 is 0. The van der Waals surface area contributed by atoms with E-state index in [1.807, 2.05) is 0 Å². The van der Waals surface area contributed by atoms with Crippen LogP contribution in [-0.2, 0) is 6.42 Å². The number of hydrogen-bond acceptors (Lipinski definition) is 1. The molecule has 4 aromatic rings. The Morgan fingerprint density at radius 1 is 0.850 bits per heavy atom. The molecule has 206 valence electrons. The smallest absolute Gasteiger partial charge is 0.0577 e. The summed E-state index contributed by atoms with van der Waals surface area (Å²) in [6.45, 7) is 9.99. The third-order valence-electron chi connectivity index (χ3n) is 12.9. The van der Waals surface area contributed by atoms with Crippen LogP contribution in [0.5, 0.6) is 0 Å². The predicted molar refractivity (Wildman–Crippen MR) is 169 cm³/mol. The highest BCUT2D eigenvalue weighted by Crippen LogP contribution is 2.67. The van der Waals surface area contributed by atoms with Gasteiger partial charge in [-0.25, -0.2) is 0 Å². The Morgan fingerprint density at radius 3 is 2.42 bits per heavy atom. The van der Waals surface area contributed by atoms with Crippen LogP contribution in [0.25, 0.3) is 32.3 Å². The van der Waals surface area contributed by atoms with E-state index in [4.69, 9.17) is 6.58 Å². The second-order valence-electron chi connectivity index (χ2n) is 14.6. The first kappa shape index (κ1) is 25.1. The molecule has 0 saturated heterocycles. The van der Waals surface area contributed by atoms with Gasteiger partial charge in [-0.15, -0.1) is 0 Å². The first-order valence-corrected chi connectivity index (χ1v) is 16.1. The number of aryl methyl sites for hydroxylation is 1. The predicted octanol–water partition coefficient (Wildman–Crippen LogP) is 10.0. The maximum absolute atomic E-state index is 10.4. The van der Waals surface area contributed by atoms with Crippen molar-refractivity contribution in [2.75, 3.05) is 0 Å². The molecule has 0 aliphatic heterocycles. The fourth-order valence-electron chi connectivity index (χ4n) is 10.8. The molecule has 1 unspecified atom stereocenters. The molecule has 0 aromatic heterocycles. The summed E-state index contributed by atoms with van der Waals surface area (Å²) in [6.07, 6.45) is 14.4. The van der Waals surface area contributed by atoms with Crippen molar-refractivity contribution in [1.82, 2.24) is 0 Å². The van der Waals surface area contributed by atoms with Gasteiger partial charge in [0.15, 0.2) is 0 Å². The Balaban J connectivity index is 1.04. The average molecular weight is 529 g/mol. The summed E-state index contributed by atoms with van der Waals surface area (Å²) in [4.78, 5) is 0. The summed E-state index contributed by atoms with van der Waals surface area (Å²) in [5.74, 6) is 3.11. The van der Waals surface area contributed by atoms with Crippen molar-refractivity contribution in [2.45, 2.75) is 84.2 Å². The minimum absolute atomic E-state index is 0.114. The topological polar surface area (TPSA) is 20.2 Å². The lowest BCUT2D eigenvalue weighted by atomic mass is 9.47. The highest BCUT2D eigenvalue weighted by Gasteiger charge is 2.58. The van der Waals surface area contributed by atoms with Crippen LogP contribution in [0.4, 0.5) is 0 Å². The SMILES string of the molecule is C=C(CCc1ccc2ccc3cccc4ccc1c2c34)C1CC[C@H]2[C@@H]3CC=C4C[C@@H](O)CC[C@]4(C)[C@H]3CC[C@]12C. The third-order valence-corrected chi connectivity index (χ3v) is 12.9. The zero-order chi connectivity index (χ0) is 27.2. The quantitative estimate of drug-likeness (QED) is 0.206. The minimum Gasteiger partial charge on any atom is -0.393 e. The molecule has 0 heterocycles. The number of hydrogen-bond donors (Lipinski definition) is 1. The Hall–Kier alpha value is -2.64. The maximum atomic E-state index is 10.4. The van der Waals surface area contributed by atoms with Crippen molar-refractivity contribution in [3.05, 3.63) is 84.0 Å². The Labute approximate surface area is 239 Å². The van der Waals surface area contributed by atoms with Crippen LogP contribution in [0.15, 0.2) is 78.4 Å². The summed E-state index contributed by atoms with van der Waals surface area (Å²) in [7, 11) is 0. The second kappa shape index (κ2) is 8.93. The molecule has 0 bridgehead atoms. The van der Waals surface area contributed by atoms with Crippen molar-refractivity contribution < 1.29 is 5.11 Å². The van der Waals surface area contributed by atoms with E-state index in [1.54, 1.807) is 5.57 Å². The van der Waals surface area contributed by atoms with Gasteiger partial charge in [-0.3, -0.25) is 0 Å². The number of benzene rings is 4. The summed E-state index contributed by atoms with van der Waals surface area (Å²) in [5, 5.41) is 18.7.